The van der Waals surface area contributed by atoms with E-state index in [0.29, 0.717) is 24.7 Å². The largest absolute Gasteiger partial charge is 0.497 e. The lowest BCUT2D eigenvalue weighted by Crippen LogP contribution is -2.35. The zero-order chi connectivity index (χ0) is 15.5. The highest BCUT2D eigenvalue weighted by molar-refractivity contribution is 5.85. The lowest BCUT2D eigenvalue weighted by Gasteiger charge is -2.18. The summed E-state index contributed by atoms with van der Waals surface area (Å²) in [6, 6.07) is 6.86. The van der Waals surface area contributed by atoms with Crippen molar-refractivity contribution in [3.05, 3.63) is 30.1 Å². The molecule has 0 spiro atoms. The summed E-state index contributed by atoms with van der Waals surface area (Å²) >= 11 is 0. The van der Waals surface area contributed by atoms with E-state index in [4.69, 9.17) is 9.26 Å². The maximum absolute atomic E-state index is 11.2. The van der Waals surface area contributed by atoms with Crippen molar-refractivity contribution in [2.24, 2.45) is 0 Å². The number of aliphatic carboxylic acids is 1. The van der Waals surface area contributed by atoms with Gasteiger partial charge in [-0.2, -0.15) is 4.98 Å². The highest BCUT2D eigenvalue weighted by atomic mass is 35.5. The normalized spacial score (nSPS) is 17.7. The van der Waals surface area contributed by atoms with E-state index in [1.54, 1.807) is 7.11 Å². The second kappa shape index (κ2) is 7.43. The minimum absolute atomic E-state index is 0. The first-order chi connectivity index (χ1) is 10.7. The summed E-state index contributed by atoms with van der Waals surface area (Å²) in [5, 5.41) is 13.1. The number of ether oxygens (including phenoxy) is 1. The zero-order valence-corrected chi connectivity index (χ0v) is 13.5. The number of halogens is 1. The Balaban J connectivity index is 0.00000192. The average molecular weight is 340 g/mol. The molecule has 3 rings (SSSR count). The van der Waals surface area contributed by atoms with Gasteiger partial charge in [0.2, 0.25) is 0 Å². The number of likely N-dealkylation sites (tertiary alicyclic amines) is 1. The Hall–Kier alpha value is -2.12. The molecular weight excluding hydrogens is 322 g/mol. The SMILES string of the molecule is COc1ccc(-c2nc(CN3CCCC3C(=O)O)no2)cc1.Cl. The summed E-state index contributed by atoms with van der Waals surface area (Å²) in [4.78, 5) is 17.4. The minimum Gasteiger partial charge on any atom is -0.497 e. The van der Waals surface area contributed by atoms with Crippen molar-refractivity contribution in [3.8, 4) is 17.2 Å². The molecule has 2 heterocycles. The smallest absolute Gasteiger partial charge is 0.320 e. The fourth-order valence-corrected chi connectivity index (χ4v) is 2.65. The van der Waals surface area contributed by atoms with Gasteiger partial charge in [-0.3, -0.25) is 9.69 Å². The number of benzene rings is 1. The summed E-state index contributed by atoms with van der Waals surface area (Å²) in [6.45, 7) is 1.12. The van der Waals surface area contributed by atoms with Crippen molar-refractivity contribution in [3.63, 3.8) is 0 Å². The third kappa shape index (κ3) is 3.80. The number of methoxy groups -OCH3 is 1. The summed E-state index contributed by atoms with van der Waals surface area (Å²) in [6.07, 6.45) is 1.54. The molecule has 0 aliphatic carbocycles. The van der Waals surface area contributed by atoms with Gasteiger partial charge in [-0.15, -0.1) is 12.4 Å². The van der Waals surface area contributed by atoms with E-state index < -0.39 is 12.0 Å². The molecule has 1 aromatic heterocycles. The molecule has 1 unspecified atom stereocenters. The topological polar surface area (TPSA) is 88.7 Å². The van der Waals surface area contributed by atoms with Gasteiger partial charge in [-0.05, 0) is 43.7 Å². The standard InChI is InChI=1S/C15H17N3O4.ClH/c1-21-11-6-4-10(5-7-11)14-16-13(17-22-14)9-18-8-2-3-12(18)15(19)20;/h4-7,12H,2-3,8-9H2,1H3,(H,19,20);1H. The zero-order valence-electron chi connectivity index (χ0n) is 12.6. The number of nitrogens with zero attached hydrogens (tertiary/aromatic N) is 3. The molecule has 124 valence electrons. The van der Waals surface area contributed by atoms with Gasteiger partial charge in [-0.25, -0.2) is 0 Å². The van der Waals surface area contributed by atoms with E-state index in [0.717, 1.165) is 24.3 Å². The lowest BCUT2D eigenvalue weighted by atomic mass is 10.2. The maximum atomic E-state index is 11.2. The van der Waals surface area contributed by atoms with Crippen LogP contribution in [0.5, 0.6) is 5.75 Å². The van der Waals surface area contributed by atoms with Gasteiger partial charge in [0.25, 0.3) is 5.89 Å². The molecule has 23 heavy (non-hydrogen) atoms. The molecule has 1 fully saturated rings. The van der Waals surface area contributed by atoms with Crippen LogP contribution in [0, 0.1) is 0 Å². The number of carboxylic acids is 1. The highest BCUT2D eigenvalue weighted by Crippen LogP contribution is 2.23. The van der Waals surface area contributed by atoms with Crippen LogP contribution in [0.4, 0.5) is 0 Å². The van der Waals surface area contributed by atoms with Gasteiger partial charge in [0.1, 0.15) is 11.8 Å². The van der Waals surface area contributed by atoms with E-state index in [-0.39, 0.29) is 12.4 Å². The Morgan fingerprint density at radius 1 is 1.43 bits per heavy atom. The average Bonchev–Trinajstić information content (AvgIpc) is 3.17. The Kier molecular flexibility index (Phi) is 5.57. The van der Waals surface area contributed by atoms with E-state index in [2.05, 4.69) is 10.1 Å². The first kappa shape index (κ1) is 17.2. The molecule has 0 bridgehead atoms. The quantitative estimate of drug-likeness (QED) is 0.893. The molecule has 0 radical (unpaired) electrons. The van der Waals surface area contributed by atoms with Crippen molar-refractivity contribution < 1.29 is 19.2 Å². The number of hydrogen-bond acceptors (Lipinski definition) is 6. The summed E-state index contributed by atoms with van der Waals surface area (Å²) in [7, 11) is 1.61. The highest BCUT2D eigenvalue weighted by Gasteiger charge is 2.31. The molecular formula is C15H18ClN3O4. The van der Waals surface area contributed by atoms with Gasteiger partial charge in [0.05, 0.1) is 13.7 Å². The van der Waals surface area contributed by atoms with Gasteiger partial charge in [0.15, 0.2) is 5.82 Å². The number of carbonyl (C=O) groups is 1. The number of hydrogen-bond donors (Lipinski definition) is 1. The Bertz CT molecular complexity index is 659. The van der Waals surface area contributed by atoms with E-state index >= 15 is 0 Å². The second-order valence-corrected chi connectivity index (χ2v) is 5.21. The molecule has 0 amide bonds. The fourth-order valence-electron chi connectivity index (χ4n) is 2.65. The maximum Gasteiger partial charge on any atom is 0.320 e. The van der Waals surface area contributed by atoms with Crippen LogP contribution in [0.3, 0.4) is 0 Å². The third-order valence-corrected chi connectivity index (χ3v) is 3.80. The predicted octanol–water partition coefficient (Wildman–Crippen LogP) is 2.22. The Labute approximate surface area is 139 Å². The van der Waals surface area contributed by atoms with Crippen LogP contribution in [0.1, 0.15) is 18.7 Å². The van der Waals surface area contributed by atoms with Gasteiger partial charge in [-0.1, -0.05) is 5.16 Å². The van der Waals surface area contributed by atoms with Crippen molar-refractivity contribution in [1.82, 2.24) is 15.0 Å². The van der Waals surface area contributed by atoms with Crippen LogP contribution < -0.4 is 4.74 Å². The van der Waals surface area contributed by atoms with E-state index in [9.17, 15) is 9.90 Å². The van der Waals surface area contributed by atoms with Gasteiger partial charge >= 0.3 is 5.97 Å². The second-order valence-electron chi connectivity index (χ2n) is 5.21. The van der Waals surface area contributed by atoms with Crippen molar-refractivity contribution in [1.29, 1.82) is 0 Å². The van der Waals surface area contributed by atoms with Crippen LogP contribution in [-0.4, -0.2) is 45.8 Å². The Morgan fingerprint density at radius 3 is 2.83 bits per heavy atom. The molecule has 8 heteroatoms. The fraction of sp³-hybridized carbons (Fsp3) is 0.400. The van der Waals surface area contributed by atoms with Crippen LogP contribution in [0.25, 0.3) is 11.5 Å². The summed E-state index contributed by atoms with van der Waals surface area (Å²) in [5.74, 6) is 0.879. The van der Waals surface area contributed by atoms with Crippen molar-refractivity contribution >= 4 is 18.4 Å². The number of carboxylic acid groups (broad SMARTS) is 1. The monoisotopic (exact) mass is 339 g/mol. The predicted molar refractivity (Wildman–Crippen MR) is 84.6 cm³/mol. The van der Waals surface area contributed by atoms with E-state index in [1.807, 2.05) is 29.2 Å². The van der Waals surface area contributed by atoms with Gasteiger partial charge < -0.3 is 14.4 Å². The summed E-state index contributed by atoms with van der Waals surface area (Å²) in [5.41, 5.74) is 0.802. The minimum atomic E-state index is -0.795. The van der Waals surface area contributed by atoms with Crippen LogP contribution >= 0.6 is 12.4 Å². The molecule has 0 saturated carbocycles. The lowest BCUT2D eigenvalue weighted by molar-refractivity contribution is -0.142. The molecule has 7 nitrogen and oxygen atoms in total. The molecule has 1 aliphatic rings. The van der Waals surface area contributed by atoms with Crippen molar-refractivity contribution in [2.45, 2.75) is 25.4 Å². The summed E-state index contributed by atoms with van der Waals surface area (Å²) < 4.78 is 10.4. The Morgan fingerprint density at radius 2 is 2.17 bits per heavy atom. The first-order valence-electron chi connectivity index (χ1n) is 7.11. The number of aromatic nitrogens is 2. The molecule has 1 atom stereocenters. The molecule has 1 N–H and O–H groups in total. The molecule has 1 aromatic carbocycles. The third-order valence-electron chi connectivity index (χ3n) is 3.80. The van der Waals surface area contributed by atoms with Crippen molar-refractivity contribution in [2.75, 3.05) is 13.7 Å². The van der Waals surface area contributed by atoms with Crippen LogP contribution in [-0.2, 0) is 11.3 Å². The molecule has 1 aliphatic heterocycles. The van der Waals surface area contributed by atoms with Crippen LogP contribution in [0.2, 0.25) is 0 Å². The molecule has 2 aromatic rings. The van der Waals surface area contributed by atoms with E-state index in [1.165, 1.54) is 0 Å². The molecule has 1 saturated heterocycles. The van der Waals surface area contributed by atoms with Crippen LogP contribution in [0.15, 0.2) is 28.8 Å². The van der Waals surface area contributed by atoms with Gasteiger partial charge in [0, 0.05) is 5.56 Å². The first-order valence-corrected chi connectivity index (χ1v) is 7.11. The number of rotatable bonds is 5.